The zero-order valence-electron chi connectivity index (χ0n) is 18.3. The van der Waals surface area contributed by atoms with Gasteiger partial charge in [0.05, 0.1) is 6.42 Å². The van der Waals surface area contributed by atoms with Crippen LogP contribution in [0.25, 0.3) is 16.6 Å². The minimum atomic E-state index is -0.416. The summed E-state index contributed by atoms with van der Waals surface area (Å²) in [5, 5.41) is 0.989. The van der Waals surface area contributed by atoms with Crippen LogP contribution >= 0.6 is 0 Å². The number of nitrogens with one attached hydrogen (secondary N) is 1. The number of aryl methyl sites for hydroxylation is 3. The van der Waals surface area contributed by atoms with E-state index in [4.69, 9.17) is 4.74 Å². The van der Waals surface area contributed by atoms with Crippen LogP contribution in [0, 0.1) is 27.7 Å². The van der Waals surface area contributed by atoms with Crippen molar-refractivity contribution >= 4 is 22.7 Å². The van der Waals surface area contributed by atoms with Crippen molar-refractivity contribution < 1.29 is 14.3 Å². The van der Waals surface area contributed by atoms with Crippen LogP contribution in [-0.2, 0) is 16.0 Å². The number of carbonyl (C=O) groups excluding carboxylic acids is 2. The summed E-state index contributed by atoms with van der Waals surface area (Å²) in [5.74, 6) is -0.614. The fraction of sp³-hybridized carbons (Fsp3) is 0.231. The molecule has 0 spiro atoms. The predicted octanol–water partition coefficient (Wildman–Crippen LogP) is 5.16. The Bertz CT molecular complexity index is 1290. The number of nitrogens with zero attached hydrogens (tertiary/aromatic N) is 1. The minimum Gasteiger partial charge on any atom is -0.457 e. The summed E-state index contributed by atoms with van der Waals surface area (Å²) in [6.45, 7) is 7.78. The van der Waals surface area contributed by atoms with Gasteiger partial charge in [-0.1, -0.05) is 24.3 Å². The maximum absolute atomic E-state index is 12.8. The number of hydrogen-bond donors (Lipinski definition) is 1. The zero-order valence-corrected chi connectivity index (χ0v) is 18.3. The summed E-state index contributed by atoms with van der Waals surface area (Å²) in [5.41, 5.74) is 7.67. The number of fused-ring (bicyclic) bond motifs is 1. The van der Waals surface area contributed by atoms with Gasteiger partial charge in [0, 0.05) is 39.7 Å². The van der Waals surface area contributed by atoms with Crippen LogP contribution in [0.1, 0.15) is 38.4 Å². The molecule has 0 radical (unpaired) electrons. The number of hydrogen-bond acceptors (Lipinski definition) is 3. The lowest BCUT2D eigenvalue weighted by atomic mass is 10.1. The molecule has 0 aliphatic carbocycles. The van der Waals surface area contributed by atoms with Gasteiger partial charge in [-0.3, -0.25) is 9.59 Å². The lowest BCUT2D eigenvalue weighted by molar-refractivity contribution is -0.141. The van der Waals surface area contributed by atoms with Crippen molar-refractivity contribution in [3.8, 4) is 5.69 Å². The van der Waals surface area contributed by atoms with Gasteiger partial charge in [0.15, 0.2) is 6.61 Å². The van der Waals surface area contributed by atoms with Crippen LogP contribution < -0.4 is 0 Å². The minimum absolute atomic E-state index is 0.124. The van der Waals surface area contributed by atoms with E-state index >= 15 is 0 Å². The number of para-hydroxylation sites is 1. The average molecular weight is 415 g/mol. The van der Waals surface area contributed by atoms with Gasteiger partial charge in [0.1, 0.15) is 0 Å². The highest BCUT2D eigenvalue weighted by atomic mass is 16.5. The van der Waals surface area contributed by atoms with Crippen LogP contribution in [0.3, 0.4) is 0 Å². The molecule has 0 amide bonds. The van der Waals surface area contributed by atoms with Gasteiger partial charge >= 0.3 is 5.97 Å². The standard InChI is InChI=1S/C26H26N2O3/c1-16-9-10-21(11-17(16)2)28-18(3)12-23(19(28)4)25(29)15-31-26(30)13-20-14-27-24-8-6-5-7-22(20)24/h5-12,14,27H,13,15H2,1-4H3. The van der Waals surface area contributed by atoms with E-state index in [1.54, 1.807) is 0 Å². The Labute approximate surface area is 181 Å². The lowest BCUT2D eigenvalue weighted by Crippen LogP contribution is -2.16. The molecule has 2 aromatic carbocycles. The maximum Gasteiger partial charge on any atom is 0.310 e. The van der Waals surface area contributed by atoms with Gasteiger partial charge < -0.3 is 14.3 Å². The number of aromatic nitrogens is 2. The van der Waals surface area contributed by atoms with Crippen molar-refractivity contribution in [2.75, 3.05) is 6.61 Å². The topological polar surface area (TPSA) is 64.1 Å². The van der Waals surface area contributed by atoms with Crippen molar-refractivity contribution in [2.45, 2.75) is 34.1 Å². The molecule has 2 heterocycles. The molecule has 0 unspecified atom stereocenters. The largest absolute Gasteiger partial charge is 0.457 e. The van der Waals surface area contributed by atoms with Crippen molar-refractivity contribution in [1.29, 1.82) is 0 Å². The fourth-order valence-corrected chi connectivity index (χ4v) is 4.02. The van der Waals surface area contributed by atoms with E-state index in [1.165, 1.54) is 11.1 Å². The van der Waals surface area contributed by atoms with Crippen LogP contribution in [-0.4, -0.2) is 27.9 Å². The Balaban J connectivity index is 1.46. The maximum atomic E-state index is 12.8. The lowest BCUT2D eigenvalue weighted by Gasteiger charge is -2.12. The smallest absolute Gasteiger partial charge is 0.310 e. The first-order chi connectivity index (χ1) is 14.8. The molecule has 0 saturated heterocycles. The number of aromatic amines is 1. The van der Waals surface area contributed by atoms with Crippen molar-refractivity contribution in [3.05, 3.63) is 88.4 Å². The summed E-state index contributed by atoms with van der Waals surface area (Å²) in [4.78, 5) is 28.3. The first-order valence-corrected chi connectivity index (χ1v) is 10.4. The highest BCUT2D eigenvalue weighted by Gasteiger charge is 2.19. The normalized spacial score (nSPS) is 11.1. The van der Waals surface area contributed by atoms with Gasteiger partial charge in [-0.2, -0.15) is 0 Å². The van der Waals surface area contributed by atoms with Gasteiger partial charge in [-0.25, -0.2) is 0 Å². The third kappa shape index (κ3) is 4.04. The number of rotatable bonds is 6. The number of benzene rings is 2. The number of H-pyrrole nitrogens is 1. The predicted molar refractivity (Wildman–Crippen MR) is 122 cm³/mol. The van der Waals surface area contributed by atoms with Gasteiger partial charge in [-0.15, -0.1) is 0 Å². The molecule has 4 rings (SSSR count). The molecule has 0 aliphatic heterocycles. The van der Waals surface area contributed by atoms with Crippen molar-refractivity contribution in [1.82, 2.24) is 9.55 Å². The molecule has 0 fully saturated rings. The fourth-order valence-electron chi connectivity index (χ4n) is 4.02. The molecule has 5 heteroatoms. The number of Topliss-reactive ketones (excluding diaryl/α,β-unsaturated/α-hetero) is 1. The first kappa shape index (κ1) is 20.7. The van der Waals surface area contributed by atoms with E-state index in [1.807, 2.05) is 50.4 Å². The summed E-state index contributed by atoms with van der Waals surface area (Å²) in [7, 11) is 0. The number of ketones is 1. The Kier molecular flexibility index (Phi) is 5.51. The van der Waals surface area contributed by atoms with Gasteiger partial charge in [-0.05, 0) is 68.7 Å². The molecule has 0 saturated carbocycles. The van der Waals surface area contributed by atoms with Crippen molar-refractivity contribution in [2.24, 2.45) is 0 Å². The molecule has 0 bridgehead atoms. The Hall–Kier alpha value is -3.60. The molecule has 4 aromatic rings. The van der Waals surface area contributed by atoms with Crippen LogP contribution in [0.5, 0.6) is 0 Å². The van der Waals surface area contributed by atoms with E-state index in [0.29, 0.717) is 5.56 Å². The number of ether oxygens (including phenoxy) is 1. The van der Waals surface area contributed by atoms with Crippen LogP contribution in [0.4, 0.5) is 0 Å². The molecular weight excluding hydrogens is 388 g/mol. The Morgan fingerprint density at radius 2 is 1.74 bits per heavy atom. The highest BCUT2D eigenvalue weighted by Crippen LogP contribution is 2.23. The van der Waals surface area contributed by atoms with E-state index in [-0.39, 0.29) is 18.8 Å². The molecule has 1 N–H and O–H groups in total. The quantitative estimate of drug-likeness (QED) is 0.350. The summed E-state index contributed by atoms with van der Waals surface area (Å²) >= 11 is 0. The molecule has 0 aliphatic rings. The number of carbonyl (C=O) groups is 2. The van der Waals surface area contributed by atoms with Crippen LogP contribution in [0.15, 0.2) is 54.7 Å². The zero-order chi connectivity index (χ0) is 22.1. The van der Waals surface area contributed by atoms with E-state index in [0.717, 1.165) is 33.5 Å². The molecule has 158 valence electrons. The monoisotopic (exact) mass is 414 g/mol. The second kappa shape index (κ2) is 8.26. The molecular formula is C26H26N2O3. The molecule has 5 nitrogen and oxygen atoms in total. The van der Waals surface area contributed by atoms with E-state index in [9.17, 15) is 9.59 Å². The second-order valence-electron chi connectivity index (χ2n) is 8.01. The van der Waals surface area contributed by atoms with E-state index < -0.39 is 5.97 Å². The second-order valence-corrected chi connectivity index (χ2v) is 8.01. The molecule has 2 aromatic heterocycles. The summed E-state index contributed by atoms with van der Waals surface area (Å²) in [6, 6.07) is 15.9. The highest BCUT2D eigenvalue weighted by molar-refractivity contribution is 5.99. The Morgan fingerprint density at radius 1 is 0.968 bits per heavy atom. The third-order valence-electron chi connectivity index (χ3n) is 5.85. The molecule has 31 heavy (non-hydrogen) atoms. The summed E-state index contributed by atoms with van der Waals surface area (Å²) in [6.07, 6.45) is 1.93. The molecule has 0 atom stereocenters. The summed E-state index contributed by atoms with van der Waals surface area (Å²) < 4.78 is 7.38. The SMILES string of the molecule is Cc1ccc(-n2c(C)cc(C(=O)COC(=O)Cc3c[nH]c4ccccc34)c2C)cc1C. The van der Waals surface area contributed by atoms with E-state index in [2.05, 4.69) is 41.6 Å². The first-order valence-electron chi connectivity index (χ1n) is 10.4. The van der Waals surface area contributed by atoms with Gasteiger partial charge in [0.2, 0.25) is 5.78 Å². The van der Waals surface area contributed by atoms with Crippen molar-refractivity contribution in [3.63, 3.8) is 0 Å². The average Bonchev–Trinajstić information content (AvgIpc) is 3.29. The Morgan fingerprint density at radius 3 is 2.52 bits per heavy atom. The van der Waals surface area contributed by atoms with Gasteiger partial charge in [0.25, 0.3) is 0 Å². The number of esters is 1. The van der Waals surface area contributed by atoms with Crippen LogP contribution in [0.2, 0.25) is 0 Å². The third-order valence-corrected chi connectivity index (χ3v) is 5.85.